The summed E-state index contributed by atoms with van der Waals surface area (Å²) < 4.78 is 13.9. The fraction of sp³-hybridized carbons (Fsp3) is 0.385. The Balaban J connectivity index is 3.43. The molecular formula is C13H15ClFNO3. The van der Waals surface area contributed by atoms with Gasteiger partial charge in [0.05, 0.1) is 0 Å². The van der Waals surface area contributed by atoms with E-state index in [1.165, 1.54) is 19.1 Å². The van der Waals surface area contributed by atoms with E-state index in [4.69, 9.17) is 11.6 Å². The highest BCUT2D eigenvalue weighted by Gasteiger charge is 2.34. The number of carboxylic acid groups (broad SMARTS) is 1. The molecule has 1 unspecified atom stereocenters. The molecule has 0 fully saturated rings. The Labute approximate surface area is 115 Å². The Morgan fingerprint density at radius 2 is 1.95 bits per heavy atom. The van der Waals surface area contributed by atoms with E-state index >= 15 is 0 Å². The summed E-state index contributed by atoms with van der Waals surface area (Å²) in [5.74, 6) is -2.52. The Morgan fingerprint density at radius 1 is 1.37 bits per heavy atom. The number of hydrogen-bond acceptors (Lipinski definition) is 2. The van der Waals surface area contributed by atoms with E-state index in [2.05, 4.69) is 0 Å². The lowest BCUT2D eigenvalue weighted by Crippen LogP contribution is -2.42. The lowest BCUT2D eigenvalue weighted by atomic mass is 10.0. The molecule has 0 aliphatic carbocycles. The zero-order valence-electron chi connectivity index (χ0n) is 10.9. The molecule has 104 valence electrons. The van der Waals surface area contributed by atoms with Crippen LogP contribution < -0.4 is 0 Å². The average molecular weight is 288 g/mol. The maximum Gasteiger partial charge on any atom is 0.331 e. The second-order valence-corrected chi connectivity index (χ2v) is 4.80. The first-order chi connectivity index (χ1) is 8.77. The normalized spacial score (nSPS) is 12.3. The van der Waals surface area contributed by atoms with Crippen molar-refractivity contribution >= 4 is 23.5 Å². The van der Waals surface area contributed by atoms with Crippen LogP contribution in [0.5, 0.6) is 0 Å². The second-order valence-electron chi connectivity index (χ2n) is 4.40. The Morgan fingerprint density at radius 3 is 2.32 bits per heavy atom. The van der Waals surface area contributed by atoms with Crippen molar-refractivity contribution in [3.63, 3.8) is 0 Å². The summed E-state index contributed by atoms with van der Waals surface area (Å²) in [5.41, 5.74) is -0.194. The molecule has 0 radical (unpaired) electrons. The van der Waals surface area contributed by atoms with E-state index in [1.54, 1.807) is 13.8 Å². The Hall–Kier alpha value is -1.62. The van der Waals surface area contributed by atoms with Crippen LogP contribution in [0.25, 0.3) is 0 Å². The minimum atomic E-state index is -1.44. The molecule has 0 aliphatic heterocycles. The number of carbonyl (C=O) groups excluding carboxylic acids is 1. The number of carbonyl (C=O) groups is 2. The van der Waals surface area contributed by atoms with E-state index in [9.17, 15) is 19.1 Å². The number of nitrogens with zero attached hydrogens (tertiary/aromatic N) is 1. The monoisotopic (exact) mass is 287 g/mol. The zero-order valence-corrected chi connectivity index (χ0v) is 11.6. The molecule has 1 N–H and O–H groups in total. The quantitative estimate of drug-likeness (QED) is 0.926. The molecule has 1 atom stereocenters. The number of amides is 1. The SMILES string of the molecule is CC(=O)N(C(C)C)C(C(=O)O)c1c(F)cccc1Cl. The summed E-state index contributed by atoms with van der Waals surface area (Å²) in [7, 11) is 0. The van der Waals surface area contributed by atoms with Crippen LogP contribution >= 0.6 is 11.6 Å². The summed E-state index contributed by atoms with van der Waals surface area (Å²) >= 11 is 5.88. The molecule has 1 aromatic rings. The van der Waals surface area contributed by atoms with Crippen LogP contribution in [0.3, 0.4) is 0 Å². The molecule has 1 amide bonds. The van der Waals surface area contributed by atoms with Crippen molar-refractivity contribution in [2.24, 2.45) is 0 Å². The number of hydrogen-bond donors (Lipinski definition) is 1. The molecule has 0 saturated heterocycles. The van der Waals surface area contributed by atoms with Gasteiger partial charge in [0.25, 0.3) is 0 Å². The van der Waals surface area contributed by atoms with Gasteiger partial charge in [-0.1, -0.05) is 17.7 Å². The number of rotatable bonds is 4. The third-order valence-electron chi connectivity index (χ3n) is 2.71. The molecule has 0 spiro atoms. The molecule has 0 bridgehead atoms. The topological polar surface area (TPSA) is 57.6 Å². The van der Waals surface area contributed by atoms with Gasteiger partial charge in [-0.25, -0.2) is 9.18 Å². The van der Waals surface area contributed by atoms with E-state index < -0.39 is 29.8 Å². The van der Waals surface area contributed by atoms with Gasteiger partial charge in [-0.3, -0.25) is 4.79 Å². The number of halogens is 2. The summed E-state index contributed by atoms with van der Waals surface area (Å²) in [6.45, 7) is 4.56. The summed E-state index contributed by atoms with van der Waals surface area (Å²) in [6.07, 6.45) is 0. The first kappa shape index (κ1) is 15.4. The van der Waals surface area contributed by atoms with Crippen LogP contribution in [-0.4, -0.2) is 27.9 Å². The van der Waals surface area contributed by atoms with Gasteiger partial charge >= 0.3 is 5.97 Å². The van der Waals surface area contributed by atoms with Crippen molar-refractivity contribution in [1.29, 1.82) is 0 Å². The van der Waals surface area contributed by atoms with Crippen molar-refractivity contribution in [2.45, 2.75) is 32.9 Å². The van der Waals surface area contributed by atoms with Gasteiger partial charge < -0.3 is 10.0 Å². The van der Waals surface area contributed by atoms with Crippen molar-refractivity contribution in [2.75, 3.05) is 0 Å². The number of carboxylic acids is 1. The first-order valence-electron chi connectivity index (χ1n) is 5.73. The van der Waals surface area contributed by atoms with Gasteiger partial charge in [-0.15, -0.1) is 0 Å². The molecule has 6 heteroatoms. The number of benzene rings is 1. The average Bonchev–Trinajstić information content (AvgIpc) is 2.25. The second kappa shape index (κ2) is 6.02. The van der Waals surface area contributed by atoms with Crippen LogP contribution in [-0.2, 0) is 9.59 Å². The van der Waals surface area contributed by atoms with Gasteiger partial charge in [-0.05, 0) is 26.0 Å². The van der Waals surface area contributed by atoms with Crippen molar-refractivity contribution < 1.29 is 19.1 Å². The molecular weight excluding hydrogens is 273 g/mol. The van der Waals surface area contributed by atoms with Crippen LogP contribution in [0, 0.1) is 5.82 Å². The summed E-state index contributed by atoms with van der Waals surface area (Å²) in [6, 6.07) is 2.07. The lowest BCUT2D eigenvalue weighted by Gasteiger charge is -2.32. The minimum Gasteiger partial charge on any atom is -0.479 e. The highest BCUT2D eigenvalue weighted by atomic mass is 35.5. The summed E-state index contributed by atoms with van der Waals surface area (Å²) in [5, 5.41) is 9.31. The fourth-order valence-corrected chi connectivity index (χ4v) is 2.26. The standard InChI is InChI=1S/C13H15ClFNO3/c1-7(2)16(8(3)17)12(13(18)19)11-9(14)5-4-6-10(11)15/h4-7,12H,1-3H3,(H,18,19). The largest absolute Gasteiger partial charge is 0.479 e. The molecule has 0 heterocycles. The molecule has 4 nitrogen and oxygen atoms in total. The summed E-state index contributed by atoms with van der Waals surface area (Å²) in [4.78, 5) is 24.1. The molecule has 0 aromatic heterocycles. The highest BCUT2D eigenvalue weighted by molar-refractivity contribution is 6.31. The van der Waals surface area contributed by atoms with Gasteiger partial charge in [0, 0.05) is 23.6 Å². The van der Waals surface area contributed by atoms with Crippen LogP contribution in [0.2, 0.25) is 5.02 Å². The van der Waals surface area contributed by atoms with Crippen LogP contribution in [0.1, 0.15) is 32.4 Å². The van der Waals surface area contributed by atoms with E-state index in [0.29, 0.717) is 0 Å². The number of aliphatic carboxylic acids is 1. The fourth-order valence-electron chi connectivity index (χ4n) is 2.00. The van der Waals surface area contributed by atoms with Crippen LogP contribution in [0.15, 0.2) is 18.2 Å². The Kier molecular flexibility index (Phi) is 4.89. The van der Waals surface area contributed by atoms with Crippen LogP contribution in [0.4, 0.5) is 4.39 Å². The van der Waals surface area contributed by atoms with Crippen molar-refractivity contribution in [3.05, 3.63) is 34.6 Å². The van der Waals surface area contributed by atoms with E-state index in [1.807, 2.05) is 0 Å². The third kappa shape index (κ3) is 3.23. The van der Waals surface area contributed by atoms with Crippen molar-refractivity contribution in [1.82, 2.24) is 4.90 Å². The lowest BCUT2D eigenvalue weighted by molar-refractivity contribution is -0.151. The van der Waals surface area contributed by atoms with Crippen molar-refractivity contribution in [3.8, 4) is 0 Å². The smallest absolute Gasteiger partial charge is 0.331 e. The highest BCUT2D eigenvalue weighted by Crippen LogP contribution is 2.31. The third-order valence-corrected chi connectivity index (χ3v) is 3.03. The zero-order chi connectivity index (χ0) is 14.7. The van der Waals surface area contributed by atoms with Gasteiger partial charge in [-0.2, -0.15) is 0 Å². The molecule has 0 saturated carbocycles. The first-order valence-corrected chi connectivity index (χ1v) is 6.10. The molecule has 19 heavy (non-hydrogen) atoms. The minimum absolute atomic E-state index is 0.0145. The van der Waals surface area contributed by atoms with E-state index in [0.717, 1.165) is 11.0 Å². The predicted octanol–water partition coefficient (Wildman–Crippen LogP) is 2.86. The maximum atomic E-state index is 13.9. The molecule has 1 rings (SSSR count). The predicted molar refractivity (Wildman–Crippen MR) is 69.4 cm³/mol. The van der Waals surface area contributed by atoms with Gasteiger partial charge in [0.2, 0.25) is 5.91 Å². The van der Waals surface area contributed by atoms with Gasteiger partial charge in [0.15, 0.2) is 6.04 Å². The molecule has 1 aromatic carbocycles. The maximum absolute atomic E-state index is 13.9. The Bertz CT molecular complexity index is 484. The van der Waals surface area contributed by atoms with E-state index in [-0.39, 0.29) is 10.6 Å². The van der Waals surface area contributed by atoms with Gasteiger partial charge in [0.1, 0.15) is 5.82 Å². The molecule has 0 aliphatic rings.